The van der Waals surface area contributed by atoms with E-state index in [0.29, 0.717) is 0 Å². The van der Waals surface area contributed by atoms with Crippen molar-refractivity contribution in [2.45, 2.75) is 12.5 Å². The molecular weight excluding hydrogens is 204 g/mol. The van der Waals surface area contributed by atoms with Gasteiger partial charge in [-0.25, -0.2) is 0 Å². The first-order chi connectivity index (χ1) is 7.66. The maximum absolute atomic E-state index is 11.6. The molecule has 0 spiro atoms. The Morgan fingerprint density at radius 2 is 1.94 bits per heavy atom. The number of Topliss-reactive ketones (excluding diaryl/α,β-unsaturated/α-hetero) is 1. The third kappa shape index (κ3) is 2.28. The van der Waals surface area contributed by atoms with Gasteiger partial charge in [-0.15, -0.1) is 0 Å². The Balaban J connectivity index is 1.90. The van der Waals surface area contributed by atoms with Gasteiger partial charge in [0.1, 0.15) is 0 Å². The first-order valence-corrected chi connectivity index (χ1v) is 5.27. The van der Waals surface area contributed by atoms with E-state index in [4.69, 9.17) is 5.73 Å². The average molecular weight is 218 g/mol. The van der Waals surface area contributed by atoms with Gasteiger partial charge in [-0.2, -0.15) is 0 Å². The number of benzene rings is 1. The van der Waals surface area contributed by atoms with Crippen LogP contribution in [0.4, 0.5) is 0 Å². The van der Waals surface area contributed by atoms with E-state index < -0.39 is 0 Å². The topological polar surface area (TPSA) is 63.4 Å². The lowest BCUT2D eigenvalue weighted by Crippen LogP contribution is -2.51. The third-order valence-electron chi connectivity index (χ3n) is 2.71. The van der Waals surface area contributed by atoms with Crippen molar-refractivity contribution in [3.63, 3.8) is 0 Å². The summed E-state index contributed by atoms with van der Waals surface area (Å²) in [7, 11) is 0. The minimum atomic E-state index is -0.288. The highest BCUT2D eigenvalue weighted by Crippen LogP contribution is 2.16. The Morgan fingerprint density at radius 3 is 2.50 bits per heavy atom. The zero-order valence-corrected chi connectivity index (χ0v) is 8.93. The van der Waals surface area contributed by atoms with Crippen LogP contribution in [0.2, 0.25) is 0 Å². The second kappa shape index (κ2) is 4.45. The number of hydrogen-bond donors (Lipinski definition) is 1. The molecule has 1 fully saturated rings. The highest BCUT2D eigenvalue weighted by atomic mass is 16.2. The van der Waals surface area contributed by atoms with Gasteiger partial charge in [0.25, 0.3) is 0 Å². The van der Waals surface area contributed by atoms with Crippen molar-refractivity contribution in [3.05, 3.63) is 35.9 Å². The molecule has 1 atom stereocenters. The predicted molar refractivity (Wildman–Crippen MR) is 59.6 cm³/mol. The summed E-state index contributed by atoms with van der Waals surface area (Å²) in [6.45, 7) is 0.501. The number of carbonyl (C=O) groups is 2. The van der Waals surface area contributed by atoms with Crippen LogP contribution in [0, 0.1) is 0 Å². The van der Waals surface area contributed by atoms with E-state index in [1.807, 2.05) is 30.3 Å². The lowest BCUT2D eigenvalue weighted by atomic mass is 10.0. The molecule has 0 aromatic heterocycles. The van der Waals surface area contributed by atoms with Gasteiger partial charge in [-0.1, -0.05) is 30.3 Å². The summed E-state index contributed by atoms with van der Waals surface area (Å²) in [5, 5.41) is 0. The zero-order chi connectivity index (χ0) is 11.5. The number of nitrogens with zero attached hydrogens (tertiary/aromatic N) is 1. The molecule has 16 heavy (non-hydrogen) atoms. The van der Waals surface area contributed by atoms with Crippen LogP contribution in [-0.2, 0) is 9.59 Å². The van der Waals surface area contributed by atoms with Gasteiger partial charge in [0.15, 0.2) is 5.78 Å². The summed E-state index contributed by atoms with van der Waals surface area (Å²) < 4.78 is 0. The van der Waals surface area contributed by atoms with Crippen LogP contribution in [0.3, 0.4) is 0 Å². The van der Waals surface area contributed by atoms with Crippen LogP contribution in [0.15, 0.2) is 30.3 Å². The molecule has 0 saturated carbocycles. The van der Waals surface area contributed by atoms with Crippen molar-refractivity contribution < 1.29 is 9.59 Å². The SMILES string of the molecule is NC(CC(=O)N1CC(=O)C1)c1ccccc1. The van der Waals surface area contributed by atoms with Crippen LogP contribution in [-0.4, -0.2) is 29.7 Å². The summed E-state index contributed by atoms with van der Waals surface area (Å²) in [6.07, 6.45) is 0.261. The Hall–Kier alpha value is -1.68. The largest absolute Gasteiger partial charge is 0.328 e. The Kier molecular flexibility index (Phi) is 3.01. The van der Waals surface area contributed by atoms with E-state index >= 15 is 0 Å². The molecule has 1 aliphatic rings. The van der Waals surface area contributed by atoms with Crippen molar-refractivity contribution in [2.24, 2.45) is 5.73 Å². The number of hydrogen-bond acceptors (Lipinski definition) is 3. The number of ketones is 1. The van der Waals surface area contributed by atoms with Crippen LogP contribution in [0.5, 0.6) is 0 Å². The molecule has 1 amide bonds. The lowest BCUT2D eigenvalue weighted by Gasteiger charge is -2.30. The maximum atomic E-state index is 11.6. The average Bonchev–Trinajstić information content (AvgIpc) is 2.26. The molecular formula is C12H14N2O2. The normalized spacial score (nSPS) is 16.8. The van der Waals surface area contributed by atoms with Crippen molar-refractivity contribution in [1.29, 1.82) is 0 Å². The number of likely N-dealkylation sites (tertiary alicyclic amines) is 1. The molecule has 0 aliphatic carbocycles. The summed E-state index contributed by atoms with van der Waals surface area (Å²) in [6, 6.07) is 9.22. The molecule has 1 aromatic rings. The number of rotatable bonds is 3. The van der Waals surface area contributed by atoms with Gasteiger partial charge in [-0.05, 0) is 5.56 Å². The fourth-order valence-corrected chi connectivity index (χ4v) is 1.69. The summed E-state index contributed by atoms with van der Waals surface area (Å²) in [5.74, 6) is 0.0672. The van der Waals surface area contributed by atoms with Gasteiger partial charge >= 0.3 is 0 Å². The predicted octanol–water partition coefficient (Wildman–Crippen LogP) is 0.488. The smallest absolute Gasteiger partial charge is 0.225 e. The van der Waals surface area contributed by atoms with Crippen LogP contribution in [0.25, 0.3) is 0 Å². The van der Waals surface area contributed by atoms with E-state index in [9.17, 15) is 9.59 Å². The summed E-state index contributed by atoms with van der Waals surface area (Å²) in [4.78, 5) is 23.9. The molecule has 84 valence electrons. The molecule has 1 heterocycles. The van der Waals surface area contributed by atoms with Gasteiger partial charge in [0.2, 0.25) is 5.91 Å². The monoisotopic (exact) mass is 218 g/mol. The Bertz CT molecular complexity index is 395. The molecule has 2 N–H and O–H groups in total. The molecule has 1 aromatic carbocycles. The van der Waals surface area contributed by atoms with E-state index in [0.717, 1.165) is 5.56 Å². The molecule has 0 radical (unpaired) electrons. The summed E-state index contributed by atoms with van der Waals surface area (Å²) in [5.41, 5.74) is 6.86. The fraction of sp³-hybridized carbons (Fsp3) is 0.333. The van der Waals surface area contributed by atoms with Crippen molar-refractivity contribution in [1.82, 2.24) is 4.90 Å². The van der Waals surface area contributed by atoms with Crippen molar-refractivity contribution in [2.75, 3.05) is 13.1 Å². The van der Waals surface area contributed by atoms with Crippen LogP contribution < -0.4 is 5.73 Å². The Labute approximate surface area is 94.0 Å². The number of nitrogens with two attached hydrogens (primary N) is 1. The third-order valence-corrected chi connectivity index (χ3v) is 2.71. The molecule has 1 aliphatic heterocycles. The molecule has 1 unspecified atom stereocenters. The first-order valence-electron chi connectivity index (χ1n) is 5.27. The molecule has 4 nitrogen and oxygen atoms in total. The maximum Gasteiger partial charge on any atom is 0.225 e. The summed E-state index contributed by atoms with van der Waals surface area (Å²) >= 11 is 0. The van der Waals surface area contributed by atoms with Crippen LogP contribution >= 0.6 is 0 Å². The van der Waals surface area contributed by atoms with E-state index in [1.54, 1.807) is 0 Å². The molecule has 1 saturated heterocycles. The van der Waals surface area contributed by atoms with Crippen molar-refractivity contribution in [3.8, 4) is 0 Å². The molecule has 0 bridgehead atoms. The van der Waals surface area contributed by atoms with Gasteiger partial charge in [-0.3, -0.25) is 9.59 Å². The van der Waals surface area contributed by atoms with Gasteiger partial charge < -0.3 is 10.6 Å². The minimum absolute atomic E-state index is 0.0454. The second-order valence-electron chi connectivity index (χ2n) is 4.01. The van der Waals surface area contributed by atoms with E-state index in [-0.39, 0.29) is 37.2 Å². The lowest BCUT2D eigenvalue weighted by molar-refractivity contribution is -0.145. The molecule has 2 rings (SSSR count). The van der Waals surface area contributed by atoms with E-state index in [2.05, 4.69) is 0 Å². The second-order valence-corrected chi connectivity index (χ2v) is 4.01. The number of carbonyl (C=O) groups excluding carboxylic acids is 2. The number of amides is 1. The van der Waals surface area contributed by atoms with E-state index in [1.165, 1.54) is 4.90 Å². The highest BCUT2D eigenvalue weighted by molar-refractivity contribution is 5.96. The van der Waals surface area contributed by atoms with Gasteiger partial charge in [0.05, 0.1) is 13.1 Å². The standard InChI is InChI=1S/C12H14N2O2/c13-11(9-4-2-1-3-5-9)6-12(16)14-7-10(15)8-14/h1-5,11H,6-8,13H2. The van der Waals surface area contributed by atoms with Crippen molar-refractivity contribution >= 4 is 11.7 Å². The first kappa shape index (κ1) is 10.8. The Morgan fingerprint density at radius 1 is 1.31 bits per heavy atom. The minimum Gasteiger partial charge on any atom is -0.328 e. The molecule has 4 heteroatoms. The zero-order valence-electron chi connectivity index (χ0n) is 8.93. The highest BCUT2D eigenvalue weighted by Gasteiger charge is 2.28. The van der Waals surface area contributed by atoms with Gasteiger partial charge in [0, 0.05) is 12.5 Å². The van der Waals surface area contributed by atoms with Crippen LogP contribution in [0.1, 0.15) is 18.0 Å². The fourth-order valence-electron chi connectivity index (χ4n) is 1.69. The quantitative estimate of drug-likeness (QED) is 0.803.